The Kier molecular flexibility index (Phi) is 5.06. The summed E-state index contributed by atoms with van der Waals surface area (Å²) in [6.45, 7) is 1.78. The van der Waals surface area contributed by atoms with E-state index in [4.69, 9.17) is 16.7 Å². The number of ether oxygens (including phenoxy) is 1. The Labute approximate surface area is 78.9 Å². The molecule has 0 spiro atoms. The Morgan fingerprint density at radius 2 is 2.23 bits per heavy atom. The molecule has 1 unspecified atom stereocenters. The highest BCUT2D eigenvalue weighted by Crippen LogP contribution is 2.08. The first-order chi connectivity index (χ1) is 6.00. The maximum absolute atomic E-state index is 12.2. The SMILES string of the molecule is CCOC=C(C(=O)O)C(=O)C(F)Cl. The van der Waals surface area contributed by atoms with Crippen LogP contribution in [0.3, 0.4) is 0 Å². The lowest BCUT2D eigenvalue weighted by Gasteiger charge is -2.01. The zero-order valence-corrected chi connectivity index (χ0v) is 7.55. The minimum atomic E-state index is -2.36. The number of hydrogen-bond acceptors (Lipinski definition) is 3. The van der Waals surface area contributed by atoms with E-state index >= 15 is 0 Å². The largest absolute Gasteiger partial charge is 0.500 e. The van der Waals surface area contributed by atoms with Gasteiger partial charge in [-0.05, 0) is 6.92 Å². The van der Waals surface area contributed by atoms with Crippen LogP contribution < -0.4 is 0 Å². The van der Waals surface area contributed by atoms with Gasteiger partial charge in [0.25, 0.3) is 0 Å². The molecule has 13 heavy (non-hydrogen) atoms. The Hall–Kier alpha value is -1.10. The molecule has 0 rings (SSSR count). The minimum absolute atomic E-state index is 0.184. The Morgan fingerprint density at radius 3 is 2.54 bits per heavy atom. The smallest absolute Gasteiger partial charge is 0.342 e. The molecule has 0 fully saturated rings. The summed E-state index contributed by atoms with van der Waals surface area (Å²) in [7, 11) is 0. The van der Waals surface area contributed by atoms with Gasteiger partial charge in [0.15, 0.2) is 0 Å². The monoisotopic (exact) mass is 210 g/mol. The number of alkyl halides is 2. The number of rotatable bonds is 5. The van der Waals surface area contributed by atoms with E-state index in [0.717, 1.165) is 0 Å². The van der Waals surface area contributed by atoms with Gasteiger partial charge < -0.3 is 9.84 Å². The molecule has 0 aliphatic heterocycles. The summed E-state index contributed by atoms with van der Waals surface area (Å²) in [5.74, 6) is -2.88. The molecule has 0 aliphatic rings. The molecule has 0 radical (unpaired) electrons. The fourth-order valence-corrected chi connectivity index (χ4v) is 0.616. The van der Waals surface area contributed by atoms with Crippen molar-refractivity contribution in [2.75, 3.05) is 6.61 Å². The highest BCUT2D eigenvalue weighted by Gasteiger charge is 2.24. The van der Waals surface area contributed by atoms with Gasteiger partial charge in [-0.3, -0.25) is 4.79 Å². The molecule has 0 aromatic rings. The van der Waals surface area contributed by atoms with Crippen molar-refractivity contribution in [1.29, 1.82) is 0 Å². The minimum Gasteiger partial charge on any atom is -0.500 e. The molecule has 6 heteroatoms. The first-order valence-corrected chi connectivity index (χ1v) is 3.81. The van der Waals surface area contributed by atoms with Crippen molar-refractivity contribution in [2.24, 2.45) is 0 Å². The van der Waals surface area contributed by atoms with Crippen molar-refractivity contribution in [1.82, 2.24) is 0 Å². The van der Waals surface area contributed by atoms with Gasteiger partial charge >= 0.3 is 5.97 Å². The van der Waals surface area contributed by atoms with Gasteiger partial charge in [0.1, 0.15) is 11.8 Å². The maximum atomic E-state index is 12.2. The number of carboxylic acid groups (broad SMARTS) is 1. The van der Waals surface area contributed by atoms with E-state index in [9.17, 15) is 14.0 Å². The lowest BCUT2D eigenvalue weighted by molar-refractivity contribution is -0.135. The van der Waals surface area contributed by atoms with Gasteiger partial charge in [-0.15, -0.1) is 0 Å². The molecule has 0 aliphatic carbocycles. The van der Waals surface area contributed by atoms with Gasteiger partial charge in [0.05, 0.1) is 6.61 Å². The van der Waals surface area contributed by atoms with E-state index < -0.39 is 23.0 Å². The van der Waals surface area contributed by atoms with Crippen molar-refractivity contribution in [3.05, 3.63) is 11.8 Å². The quantitative estimate of drug-likeness (QED) is 0.243. The van der Waals surface area contributed by atoms with Crippen molar-refractivity contribution >= 4 is 23.4 Å². The third-order valence-electron chi connectivity index (χ3n) is 1.06. The summed E-state index contributed by atoms with van der Waals surface area (Å²) in [5.41, 5.74) is -3.16. The summed E-state index contributed by atoms with van der Waals surface area (Å²) in [4.78, 5) is 21.1. The van der Waals surface area contributed by atoms with Crippen LogP contribution in [0.4, 0.5) is 4.39 Å². The summed E-state index contributed by atoms with van der Waals surface area (Å²) in [5, 5.41) is 8.42. The normalized spacial score (nSPS) is 13.6. The van der Waals surface area contributed by atoms with Gasteiger partial charge in [0, 0.05) is 0 Å². The topological polar surface area (TPSA) is 63.6 Å². The highest BCUT2D eigenvalue weighted by atomic mass is 35.5. The van der Waals surface area contributed by atoms with Crippen LogP contribution in [0.25, 0.3) is 0 Å². The molecule has 0 aromatic carbocycles. The van der Waals surface area contributed by atoms with E-state index in [0.29, 0.717) is 6.26 Å². The first-order valence-electron chi connectivity index (χ1n) is 3.38. The number of ketones is 1. The molecule has 0 saturated heterocycles. The number of aliphatic carboxylic acids is 1. The summed E-state index contributed by atoms with van der Waals surface area (Å²) >= 11 is 4.77. The second kappa shape index (κ2) is 5.53. The van der Waals surface area contributed by atoms with Gasteiger partial charge in [-0.25, -0.2) is 9.18 Å². The molecule has 74 valence electrons. The fraction of sp³-hybridized carbons (Fsp3) is 0.429. The number of hydrogen-bond donors (Lipinski definition) is 1. The van der Waals surface area contributed by atoms with Crippen LogP contribution in [0.15, 0.2) is 11.8 Å². The van der Waals surface area contributed by atoms with E-state index in [2.05, 4.69) is 4.74 Å². The average molecular weight is 211 g/mol. The molecule has 1 atom stereocenters. The third kappa shape index (κ3) is 3.89. The van der Waals surface area contributed by atoms with Crippen molar-refractivity contribution in [3.63, 3.8) is 0 Å². The molecule has 0 heterocycles. The van der Waals surface area contributed by atoms with E-state index in [1.807, 2.05) is 0 Å². The number of carbonyl (C=O) groups excluding carboxylic acids is 1. The first kappa shape index (κ1) is 11.9. The van der Waals surface area contributed by atoms with Crippen LogP contribution in [0.2, 0.25) is 0 Å². The third-order valence-corrected chi connectivity index (χ3v) is 1.26. The number of carbonyl (C=O) groups is 2. The maximum Gasteiger partial charge on any atom is 0.342 e. The van der Waals surface area contributed by atoms with Crippen LogP contribution >= 0.6 is 11.6 Å². The predicted molar refractivity (Wildman–Crippen MR) is 43.1 cm³/mol. The summed E-state index contributed by atoms with van der Waals surface area (Å²) in [6.07, 6.45) is 0.680. The zero-order valence-electron chi connectivity index (χ0n) is 6.79. The van der Waals surface area contributed by atoms with Crippen LogP contribution in [-0.2, 0) is 14.3 Å². The van der Waals surface area contributed by atoms with Crippen LogP contribution in [0.5, 0.6) is 0 Å². The Morgan fingerprint density at radius 1 is 1.69 bits per heavy atom. The van der Waals surface area contributed by atoms with Crippen LogP contribution in [0.1, 0.15) is 6.92 Å². The number of Topliss-reactive ketones (excluding diaryl/α,β-unsaturated/α-hetero) is 1. The highest BCUT2D eigenvalue weighted by molar-refractivity contribution is 6.36. The molecular weight excluding hydrogens is 203 g/mol. The Bertz CT molecular complexity index is 237. The van der Waals surface area contributed by atoms with E-state index in [1.165, 1.54) is 0 Å². The predicted octanol–water partition coefficient (Wildman–Crippen LogP) is 1.09. The lowest BCUT2D eigenvalue weighted by Crippen LogP contribution is -2.19. The second-order valence-corrected chi connectivity index (χ2v) is 2.34. The van der Waals surface area contributed by atoms with Crippen molar-refractivity contribution < 1.29 is 23.8 Å². The van der Waals surface area contributed by atoms with Crippen LogP contribution in [0, 0.1) is 0 Å². The lowest BCUT2D eigenvalue weighted by atomic mass is 10.2. The summed E-state index contributed by atoms with van der Waals surface area (Å²) in [6, 6.07) is 0. The fourth-order valence-electron chi connectivity index (χ4n) is 0.498. The standard InChI is InChI=1S/C7H8ClFO4/c1-2-13-3-4(7(11)12)5(10)6(8)9/h3,6H,2H2,1H3,(H,11,12). The van der Waals surface area contributed by atoms with Crippen molar-refractivity contribution in [2.45, 2.75) is 12.6 Å². The number of carboxylic acids is 1. The summed E-state index contributed by atoms with van der Waals surface area (Å²) < 4.78 is 16.7. The van der Waals surface area contributed by atoms with Crippen molar-refractivity contribution in [3.8, 4) is 0 Å². The van der Waals surface area contributed by atoms with E-state index in [1.54, 1.807) is 6.92 Å². The second-order valence-electron chi connectivity index (χ2n) is 1.96. The molecule has 0 bridgehead atoms. The molecule has 0 amide bonds. The molecule has 1 N–H and O–H groups in total. The average Bonchev–Trinajstić information content (AvgIpc) is 2.04. The number of halogens is 2. The molecule has 4 nitrogen and oxygen atoms in total. The van der Waals surface area contributed by atoms with Gasteiger partial charge in [-0.2, -0.15) is 0 Å². The molecule has 0 saturated carbocycles. The Balaban J connectivity index is 4.61. The van der Waals surface area contributed by atoms with Gasteiger partial charge in [-0.1, -0.05) is 11.6 Å². The van der Waals surface area contributed by atoms with Gasteiger partial charge in [0.2, 0.25) is 11.4 Å². The molecule has 0 aromatic heterocycles. The van der Waals surface area contributed by atoms with Crippen LogP contribution in [-0.4, -0.2) is 29.1 Å². The van der Waals surface area contributed by atoms with E-state index in [-0.39, 0.29) is 6.61 Å². The zero-order chi connectivity index (χ0) is 10.4. The molecular formula is C7H8ClFO4.